The second kappa shape index (κ2) is 2.76. The van der Waals surface area contributed by atoms with Gasteiger partial charge in [-0.15, -0.1) is 0 Å². The molecule has 0 bridgehead atoms. The van der Waals surface area contributed by atoms with Crippen LogP contribution in [0, 0.1) is 0 Å². The molecule has 0 atom stereocenters. The van der Waals surface area contributed by atoms with Gasteiger partial charge in [0.05, 0.1) is 12.2 Å². The lowest BCUT2D eigenvalue weighted by Gasteiger charge is -2.17. The van der Waals surface area contributed by atoms with Gasteiger partial charge in [0.25, 0.3) is 0 Å². The van der Waals surface area contributed by atoms with E-state index in [9.17, 15) is 9.90 Å². The highest BCUT2D eigenvalue weighted by Gasteiger charge is 2.20. The highest BCUT2D eigenvalue weighted by Crippen LogP contribution is 2.24. The predicted molar refractivity (Wildman–Crippen MR) is 55.1 cm³/mol. The van der Waals surface area contributed by atoms with Crippen molar-refractivity contribution in [2.45, 2.75) is 13.0 Å². The molecular formula is C11H10N2O2. The van der Waals surface area contributed by atoms with Crippen LogP contribution in [0.25, 0.3) is 0 Å². The Labute approximate surface area is 85.8 Å². The van der Waals surface area contributed by atoms with E-state index in [2.05, 4.69) is 4.98 Å². The molecule has 2 aromatic rings. The van der Waals surface area contributed by atoms with Crippen molar-refractivity contribution in [3.05, 3.63) is 51.6 Å². The van der Waals surface area contributed by atoms with Gasteiger partial charge in [-0.05, 0) is 11.1 Å². The van der Waals surface area contributed by atoms with Crippen molar-refractivity contribution in [2.24, 2.45) is 0 Å². The summed E-state index contributed by atoms with van der Waals surface area (Å²) < 4.78 is 1.58. The van der Waals surface area contributed by atoms with E-state index in [0.717, 1.165) is 5.56 Å². The number of H-pyrrole nitrogens is 1. The van der Waals surface area contributed by atoms with Gasteiger partial charge in [-0.3, -0.25) is 9.55 Å². The zero-order chi connectivity index (χ0) is 10.4. The minimum atomic E-state index is -0.239. The number of rotatable bonds is 0. The minimum Gasteiger partial charge on any atom is -0.493 e. The number of imidazole rings is 1. The highest BCUT2D eigenvalue weighted by atomic mass is 16.3. The maximum absolute atomic E-state index is 11.4. The van der Waals surface area contributed by atoms with Gasteiger partial charge in [0, 0.05) is 6.42 Å². The van der Waals surface area contributed by atoms with Crippen LogP contribution >= 0.6 is 0 Å². The van der Waals surface area contributed by atoms with Crippen LogP contribution < -0.4 is 5.69 Å². The summed E-state index contributed by atoms with van der Waals surface area (Å²) in [5.74, 6) is -0.00509. The molecule has 0 aliphatic carbocycles. The van der Waals surface area contributed by atoms with Gasteiger partial charge in [-0.1, -0.05) is 24.3 Å². The number of aromatic nitrogens is 2. The second-order valence-corrected chi connectivity index (χ2v) is 3.76. The van der Waals surface area contributed by atoms with Gasteiger partial charge < -0.3 is 5.11 Å². The molecule has 4 heteroatoms. The molecule has 15 heavy (non-hydrogen) atoms. The number of aromatic hydroxyl groups is 1. The maximum atomic E-state index is 11.4. The zero-order valence-electron chi connectivity index (χ0n) is 8.03. The lowest BCUT2D eigenvalue weighted by Crippen LogP contribution is -2.23. The fraction of sp³-hybridized carbons (Fsp3) is 0.182. The molecular weight excluding hydrogens is 192 g/mol. The van der Waals surface area contributed by atoms with Crippen molar-refractivity contribution in [3.8, 4) is 5.88 Å². The van der Waals surface area contributed by atoms with Crippen LogP contribution in [0.1, 0.15) is 16.8 Å². The first-order valence-corrected chi connectivity index (χ1v) is 4.83. The molecule has 1 aromatic carbocycles. The number of aromatic amines is 1. The minimum absolute atomic E-state index is 0.00509. The summed E-state index contributed by atoms with van der Waals surface area (Å²) in [6.45, 7) is 0.543. The van der Waals surface area contributed by atoms with Crippen molar-refractivity contribution < 1.29 is 5.11 Å². The molecule has 0 unspecified atom stereocenters. The summed E-state index contributed by atoms with van der Waals surface area (Å²) in [7, 11) is 0. The number of fused-ring (bicyclic) bond motifs is 2. The summed E-state index contributed by atoms with van der Waals surface area (Å²) in [4.78, 5) is 13.9. The lowest BCUT2D eigenvalue weighted by atomic mass is 9.99. The topological polar surface area (TPSA) is 58.0 Å². The van der Waals surface area contributed by atoms with Crippen LogP contribution in [0.15, 0.2) is 29.1 Å². The van der Waals surface area contributed by atoms with Gasteiger partial charge in [-0.25, -0.2) is 4.79 Å². The molecule has 3 rings (SSSR count). The Morgan fingerprint density at radius 1 is 1.27 bits per heavy atom. The molecule has 1 aliphatic rings. The molecule has 0 saturated heterocycles. The molecule has 0 radical (unpaired) electrons. The summed E-state index contributed by atoms with van der Waals surface area (Å²) in [5.41, 5.74) is 2.76. The molecule has 0 saturated carbocycles. The quantitative estimate of drug-likeness (QED) is 0.567. The Morgan fingerprint density at radius 2 is 2.00 bits per heavy atom. The summed E-state index contributed by atoms with van der Waals surface area (Å²) in [6.07, 6.45) is 0.612. The van der Waals surface area contributed by atoms with Crippen LogP contribution in [0.2, 0.25) is 0 Å². The Hall–Kier alpha value is -1.97. The van der Waals surface area contributed by atoms with Crippen LogP contribution in [-0.4, -0.2) is 14.7 Å². The van der Waals surface area contributed by atoms with Gasteiger partial charge in [0.1, 0.15) is 0 Å². The van der Waals surface area contributed by atoms with Gasteiger partial charge >= 0.3 is 5.69 Å². The van der Waals surface area contributed by atoms with E-state index in [-0.39, 0.29) is 11.6 Å². The second-order valence-electron chi connectivity index (χ2n) is 3.76. The number of hydrogen-bond acceptors (Lipinski definition) is 2. The number of nitrogens with one attached hydrogen (secondary N) is 1. The van der Waals surface area contributed by atoms with E-state index in [0.29, 0.717) is 18.7 Å². The van der Waals surface area contributed by atoms with Crippen molar-refractivity contribution in [3.63, 3.8) is 0 Å². The van der Waals surface area contributed by atoms with E-state index < -0.39 is 0 Å². The number of hydrogen-bond donors (Lipinski definition) is 2. The molecule has 1 aromatic heterocycles. The average molecular weight is 202 g/mol. The van der Waals surface area contributed by atoms with Crippen molar-refractivity contribution >= 4 is 0 Å². The summed E-state index contributed by atoms with van der Waals surface area (Å²) >= 11 is 0. The Kier molecular flexibility index (Phi) is 1.54. The van der Waals surface area contributed by atoms with Crippen LogP contribution in [0.3, 0.4) is 0 Å². The number of nitrogens with zero attached hydrogens (tertiary/aromatic N) is 1. The largest absolute Gasteiger partial charge is 0.493 e. The molecule has 0 spiro atoms. The summed E-state index contributed by atoms with van der Waals surface area (Å²) in [5, 5.41) is 9.53. The first kappa shape index (κ1) is 8.35. The third-order valence-electron chi connectivity index (χ3n) is 2.87. The van der Waals surface area contributed by atoms with E-state index in [1.165, 1.54) is 5.56 Å². The average Bonchev–Trinajstić information content (AvgIpc) is 2.52. The third-order valence-corrected chi connectivity index (χ3v) is 2.87. The monoisotopic (exact) mass is 202 g/mol. The van der Waals surface area contributed by atoms with Crippen molar-refractivity contribution in [1.82, 2.24) is 9.55 Å². The normalized spacial score (nSPS) is 13.3. The van der Waals surface area contributed by atoms with Crippen molar-refractivity contribution in [2.75, 3.05) is 0 Å². The van der Waals surface area contributed by atoms with Gasteiger partial charge in [0.15, 0.2) is 0 Å². The first-order valence-electron chi connectivity index (χ1n) is 4.83. The van der Waals surface area contributed by atoms with Crippen LogP contribution in [0.5, 0.6) is 5.88 Å². The Morgan fingerprint density at radius 3 is 2.80 bits per heavy atom. The molecule has 2 heterocycles. The smallest absolute Gasteiger partial charge is 0.328 e. The van der Waals surface area contributed by atoms with E-state index in [4.69, 9.17) is 0 Å². The molecule has 0 fully saturated rings. The molecule has 0 amide bonds. The fourth-order valence-corrected chi connectivity index (χ4v) is 2.07. The zero-order valence-corrected chi connectivity index (χ0v) is 8.03. The van der Waals surface area contributed by atoms with Gasteiger partial charge in [0.2, 0.25) is 5.88 Å². The fourth-order valence-electron chi connectivity index (χ4n) is 2.07. The van der Waals surface area contributed by atoms with Crippen LogP contribution in [-0.2, 0) is 13.0 Å². The Bertz CT molecular complexity index is 581. The molecule has 2 N–H and O–H groups in total. The van der Waals surface area contributed by atoms with E-state index >= 15 is 0 Å². The Balaban J connectivity index is 2.21. The van der Waals surface area contributed by atoms with Crippen LogP contribution in [0.4, 0.5) is 0 Å². The number of benzene rings is 1. The standard InChI is InChI=1S/C11H10N2O2/c14-10-9-5-7-3-1-2-4-8(7)6-13(9)11(15)12-10/h1-4,14H,5-6H2,(H,12,15). The first-order chi connectivity index (χ1) is 7.25. The maximum Gasteiger partial charge on any atom is 0.328 e. The highest BCUT2D eigenvalue weighted by molar-refractivity contribution is 5.37. The van der Waals surface area contributed by atoms with Crippen molar-refractivity contribution in [1.29, 1.82) is 0 Å². The lowest BCUT2D eigenvalue weighted by molar-refractivity contribution is 0.447. The summed E-state index contributed by atoms with van der Waals surface area (Å²) in [6, 6.07) is 7.96. The molecule has 76 valence electrons. The van der Waals surface area contributed by atoms with E-state index in [1.54, 1.807) is 4.57 Å². The SMILES string of the molecule is O=c1[nH]c(O)c2n1Cc1ccccc1C2. The third kappa shape index (κ3) is 1.11. The molecule has 4 nitrogen and oxygen atoms in total. The molecule has 1 aliphatic heterocycles. The van der Waals surface area contributed by atoms with Gasteiger partial charge in [-0.2, -0.15) is 0 Å². The predicted octanol–water partition coefficient (Wildman–Crippen LogP) is 0.835. The van der Waals surface area contributed by atoms with E-state index in [1.807, 2.05) is 24.3 Å².